The standard InChI is InChI=1S/C24H25N5O6S2/c1-28(2)13-5-11-26-24-20(29(31)32)15-22(36-24)37(33,34)27-23(30)18-6-3-4-7-21(18)35-17-8-9-19-16(14-17)10-12-25-19/h3-4,6-10,12,14-15,25-26H,5,11,13H2,1-2H3,(H,27,30). The van der Waals surface area contributed by atoms with Crippen LogP contribution in [0.1, 0.15) is 16.8 Å². The molecule has 0 saturated heterocycles. The molecule has 0 radical (unpaired) electrons. The Bertz CT molecular complexity index is 1540. The molecule has 2 aromatic carbocycles. The fraction of sp³-hybridized carbons (Fsp3) is 0.208. The molecule has 37 heavy (non-hydrogen) atoms. The van der Waals surface area contributed by atoms with E-state index in [1.165, 1.54) is 6.07 Å². The molecule has 194 valence electrons. The molecule has 0 aliphatic carbocycles. The van der Waals surface area contributed by atoms with E-state index in [0.717, 1.165) is 23.5 Å². The van der Waals surface area contributed by atoms with Crippen LogP contribution in [0.15, 0.2) is 65.0 Å². The fourth-order valence-corrected chi connectivity index (χ4v) is 5.86. The number of carbonyl (C=O) groups excluding carboxylic acids is 1. The Hall–Kier alpha value is -3.94. The summed E-state index contributed by atoms with van der Waals surface area (Å²) in [6.07, 6.45) is 2.50. The van der Waals surface area contributed by atoms with Crippen LogP contribution in [0.2, 0.25) is 0 Å². The van der Waals surface area contributed by atoms with Crippen molar-refractivity contribution in [2.45, 2.75) is 10.6 Å². The minimum absolute atomic E-state index is 0.00618. The number of sulfonamides is 1. The first kappa shape index (κ1) is 26.1. The van der Waals surface area contributed by atoms with Gasteiger partial charge in [0.2, 0.25) is 0 Å². The van der Waals surface area contributed by atoms with Gasteiger partial charge in [0.25, 0.3) is 15.9 Å². The Labute approximate surface area is 217 Å². The highest BCUT2D eigenvalue weighted by molar-refractivity contribution is 7.92. The first-order valence-electron chi connectivity index (χ1n) is 11.2. The van der Waals surface area contributed by atoms with E-state index in [-0.39, 0.29) is 26.2 Å². The van der Waals surface area contributed by atoms with Crippen molar-refractivity contribution in [1.29, 1.82) is 0 Å². The van der Waals surface area contributed by atoms with Crippen LogP contribution in [0.4, 0.5) is 10.7 Å². The predicted octanol–water partition coefficient (Wildman–Crippen LogP) is 4.41. The van der Waals surface area contributed by atoms with Crippen molar-refractivity contribution in [1.82, 2.24) is 14.6 Å². The van der Waals surface area contributed by atoms with E-state index in [0.29, 0.717) is 30.1 Å². The highest BCUT2D eigenvalue weighted by atomic mass is 32.2. The van der Waals surface area contributed by atoms with Crippen molar-refractivity contribution in [3.05, 3.63) is 76.5 Å². The number of nitrogens with zero attached hydrogens (tertiary/aromatic N) is 2. The van der Waals surface area contributed by atoms with Crippen molar-refractivity contribution in [2.75, 3.05) is 32.5 Å². The molecule has 2 heterocycles. The van der Waals surface area contributed by atoms with Crippen LogP contribution in [0.25, 0.3) is 10.9 Å². The van der Waals surface area contributed by atoms with Gasteiger partial charge in [-0.1, -0.05) is 23.5 Å². The van der Waals surface area contributed by atoms with Crippen LogP contribution in [0.3, 0.4) is 0 Å². The first-order chi connectivity index (χ1) is 17.6. The topological polar surface area (TPSA) is 147 Å². The number of carbonyl (C=O) groups is 1. The van der Waals surface area contributed by atoms with Gasteiger partial charge < -0.3 is 19.9 Å². The summed E-state index contributed by atoms with van der Waals surface area (Å²) in [4.78, 5) is 28.9. The number of rotatable bonds is 11. The lowest BCUT2D eigenvalue weighted by molar-refractivity contribution is -0.383. The maximum absolute atomic E-state index is 13.0. The Morgan fingerprint density at radius 3 is 2.70 bits per heavy atom. The van der Waals surface area contributed by atoms with E-state index in [1.807, 2.05) is 35.9 Å². The molecule has 0 saturated carbocycles. The average Bonchev–Trinajstić information content (AvgIpc) is 3.49. The summed E-state index contributed by atoms with van der Waals surface area (Å²) in [5.41, 5.74) is 0.543. The van der Waals surface area contributed by atoms with E-state index < -0.39 is 20.9 Å². The summed E-state index contributed by atoms with van der Waals surface area (Å²) in [6.45, 7) is 1.18. The normalized spacial score (nSPS) is 11.5. The molecule has 4 rings (SSSR count). The number of para-hydroxylation sites is 1. The number of hydrogen-bond donors (Lipinski definition) is 3. The minimum atomic E-state index is -4.39. The number of aromatic amines is 1. The van der Waals surface area contributed by atoms with Gasteiger partial charge in [-0.25, -0.2) is 13.1 Å². The van der Waals surface area contributed by atoms with Gasteiger partial charge in [-0.05, 0) is 63.5 Å². The number of H-pyrrole nitrogens is 1. The van der Waals surface area contributed by atoms with Gasteiger partial charge in [0.05, 0.1) is 10.5 Å². The first-order valence-corrected chi connectivity index (χ1v) is 13.5. The molecule has 0 unspecified atom stereocenters. The Morgan fingerprint density at radius 2 is 1.95 bits per heavy atom. The minimum Gasteiger partial charge on any atom is -0.457 e. The maximum atomic E-state index is 13.0. The molecular weight excluding hydrogens is 518 g/mol. The SMILES string of the molecule is CN(C)CCCNc1sc(S(=O)(=O)NC(=O)c2ccccc2Oc2ccc3[nH]ccc3c2)cc1[N+](=O)[O-]. The molecule has 13 heteroatoms. The zero-order chi connectivity index (χ0) is 26.6. The van der Waals surface area contributed by atoms with Gasteiger partial charge in [-0.3, -0.25) is 14.9 Å². The molecule has 0 spiro atoms. The number of thiophene rings is 1. The summed E-state index contributed by atoms with van der Waals surface area (Å²) in [6, 6.07) is 14.4. The smallest absolute Gasteiger partial charge is 0.304 e. The fourth-order valence-electron chi connectivity index (χ4n) is 3.54. The van der Waals surface area contributed by atoms with Crippen molar-refractivity contribution < 1.29 is 22.9 Å². The van der Waals surface area contributed by atoms with Crippen molar-refractivity contribution in [2.24, 2.45) is 0 Å². The van der Waals surface area contributed by atoms with Gasteiger partial charge in [-0.2, -0.15) is 0 Å². The molecular formula is C24H25N5O6S2. The third-order valence-corrected chi connectivity index (χ3v) is 8.22. The van der Waals surface area contributed by atoms with Crippen molar-refractivity contribution >= 4 is 48.9 Å². The number of nitrogens with one attached hydrogen (secondary N) is 3. The number of fused-ring (bicyclic) bond motifs is 1. The molecule has 0 fully saturated rings. The quantitative estimate of drug-likeness (QED) is 0.143. The molecule has 4 aromatic rings. The van der Waals surface area contributed by atoms with Gasteiger partial charge in [0.15, 0.2) is 5.00 Å². The number of benzene rings is 2. The van der Waals surface area contributed by atoms with Crippen molar-refractivity contribution in [3.8, 4) is 11.5 Å². The predicted molar refractivity (Wildman–Crippen MR) is 142 cm³/mol. The Kier molecular flexibility index (Phi) is 7.76. The Morgan fingerprint density at radius 1 is 1.16 bits per heavy atom. The molecule has 0 aliphatic heterocycles. The number of ether oxygens (including phenoxy) is 1. The molecule has 2 aromatic heterocycles. The van der Waals surface area contributed by atoms with E-state index in [4.69, 9.17) is 4.74 Å². The molecule has 1 amide bonds. The number of anilines is 1. The summed E-state index contributed by atoms with van der Waals surface area (Å²) in [7, 11) is -0.576. The molecule has 11 nitrogen and oxygen atoms in total. The van der Waals surface area contributed by atoms with Crippen LogP contribution in [0.5, 0.6) is 11.5 Å². The van der Waals surface area contributed by atoms with Gasteiger partial charge in [0, 0.05) is 29.7 Å². The molecule has 3 N–H and O–H groups in total. The van der Waals surface area contributed by atoms with Crippen molar-refractivity contribution in [3.63, 3.8) is 0 Å². The molecule has 0 aliphatic rings. The summed E-state index contributed by atoms with van der Waals surface area (Å²) in [5, 5.41) is 15.4. The second kappa shape index (κ2) is 11.0. The van der Waals surface area contributed by atoms with E-state index in [9.17, 15) is 23.3 Å². The van der Waals surface area contributed by atoms with Crippen LogP contribution in [-0.2, 0) is 10.0 Å². The van der Waals surface area contributed by atoms with Gasteiger partial charge >= 0.3 is 5.69 Å². The lowest BCUT2D eigenvalue weighted by Crippen LogP contribution is -2.30. The number of amides is 1. The summed E-state index contributed by atoms with van der Waals surface area (Å²) >= 11 is 0.696. The highest BCUT2D eigenvalue weighted by Crippen LogP contribution is 2.37. The van der Waals surface area contributed by atoms with Crippen LogP contribution >= 0.6 is 11.3 Å². The highest BCUT2D eigenvalue weighted by Gasteiger charge is 2.28. The number of aromatic nitrogens is 1. The van der Waals surface area contributed by atoms with E-state index in [1.54, 1.807) is 36.5 Å². The summed E-state index contributed by atoms with van der Waals surface area (Å²) in [5.74, 6) is -0.297. The van der Waals surface area contributed by atoms with E-state index >= 15 is 0 Å². The average molecular weight is 544 g/mol. The maximum Gasteiger partial charge on any atom is 0.304 e. The molecule has 0 bridgehead atoms. The largest absolute Gasteiger partial charge is 0.457 e. The second-order valence-corrected chi connectivity index (χ2v) is 11.3. The summed E-state index contributed by atoms with van der Waals surface area (Å²) < 4.78 is 33.5. The molecule has 0 atom stereocenters. The zero-order valence-electron chi connectivity index (χ0n) is 20.1. The van der Waals surface area contributed by atoms with Gasteiger partial charge in [-0.15, -0.1) is 0 Å². The van der Waals surface area contributed by atoms with Crippen LogP contribution in [-0.4, -0.2) is 56.3 Å². The zero-order valence-corrected chi connectivity index (χ0v) is 21.7. The third-order valence-electron chi connectivity index (χ3n) is 5.33. The Balaban J connectivity index is 1.52. The van der Waals surface area contributed by atoms with Gasteiger partial charge in [0.1, 0.15) is 15.7 Å². The second-order valence-electron chi connectivity index (χ2n) is 8.38. The van der Waals surface area contributed by atoms with Crippen LogP contribution in [0, 0.1) is 10.1 Å². The monoisotopic (exact) mass is 543 g/mol. The van der Waals surface area contributed by atoms with E-state index in [2.05, 4.69) is 10.3 Å². The number of hydrogen-bond acceptors (Lipinski definition) is 9. The lowest BCUT2D eigenvalue weighted by Gasteiger charge is -2.11. The van der Waals surface area contributed by atoms with Crippen LogP contribution < -0.4 is 14.8 Å². The number of nitro groups is 1. The third kappa shape index (κ3) is 6.25. The lowest BCUT2D eigenvalue weighted by atomic mass is 10.2.